The molecule has 0 radical (unpaired) electrons. The third-order valence-corrected chi connectivity index (χ3v) is 3.36. The van der Waals surface area contributed by atoms with E-state index in [2.05, 4.69) is 31.4 Å². The lowest BCUT2D eigenvalue weighted by Gasteiger charge is -2.05. The summed E-state index contributed by atoms with van der Waals surface area (Å²) >= 11 is 3.23. The van der Waals surface area contributed by atoms with Crippen molar-refractivity contribution in [3.05, 3.63) is 40.2 Å². The Morgan fingerprint density at radius 1 is 1.50 bits per heavy atom. The first-order valence-electron chi connectivity index (χ1n) is 6.15. The summed E-state index contributed by atoms with van der Waals surface area (Å²) in [6, 6.07) is 4.48. The molecule has 7 heteroatoms. The van der Waals surface area contributed by atoms with Crippen molar-refractivity contribution in [2.75, 3.05) is 7.05 Å². The number of halogens is 2. The van der Waals surface area contributed by atoms with Crippen LogP contribution in [0.1, 0.15) is 18.6 Å². The van der Waals surface area contributed by atoms with Gasteiger partial charge in [0.25, 0.3) is 5.89 Å². The molecule has 5 nitrogen and oxygen atoms in total. The second kappa shape index (κ2) is 6.81. The zero-order valence-corrected chi connectivity index (χ0v) is 12.8. The van der Waals surface area contributed by atoms with E-state index in [0.29, 0.717) is 28.4 Å². The van der Waals surface area contributed by atoms with E-state index in [1.165, 1.54) is 12.1 Å². The summed E-state index contributed by atoms with van der Waals surface area (Å²) in [6.45, 7) is 2.17. The number of benzene rings is 1. The summed E-state index contributed by atoms with van der Waals surface area (Å²) in [7, 11) is 1.88. The molecule has 1 unspecified atom stereocenters. The van der Waals surface area contributed by atoms with Crippen LogP contribution in [0.15, 0.2) is 27.2 Å². The quantitative estimate of drug-likeness (QED) is 0.873. The van der Waals surface area contributed by atoms with Crippen molar-refractivity contribution >= 4 is 15.9 Å². The molecule has 1 N–H and O–H groups in total. The molecule has 0 aliphatic heterocycles. The number of rotatable bonds is 6. The maximum atomic E-state index is 12.9. The van der Waals surface area contributed by atoms with Crippen molar-refractivity contribution in [2.45, 2.75) is 26.0 Å². The Labute approximate surface area is 124 Å². The molecule has 2 rings (SSSR count). The predicted molar refractivity (Wildman–Crippen MR) is 75.0 cm³/mol. The molecule has 1 aromatic carbocycles. The fraction of sp³-hybridized carbons (Fsp3) is 0.385. The summed E-state index contributed by atoms with van der Waals surface area (Å²) in [5.74, 6) is 1.21. The van der Waals surface area contributed by atoms with Crippen molar-refractivity contribution in [2.24, 2.45) is 0 Å². The first-order valence-corrected chi connectivity index (χ1v) is 6.94. The fourth-order valence-electron chi connectivity index (χ4n) is 1.54. The third-order valence-electron chi connectivity index (χ3n) is 2.74. The lowest BCUT2D eigenvalue weighted by Crippen LogP contribution is -2.24. The molecular formula is C13H15BrFN3O2. The topological polar surface area (TPSA) is 60.2 Å². The molecule has 1 atom stereocenters. The minimum Gasteiger partial charge on any atom is -0.483 e. The molecule has 0 aliphatic carbocycles. The molecule has 108 valence electrons. The largest absolute Gasteiger partial charge is 0.483 e. The second-order valence-electron chi connectivity index (χ2n) is 4.36. The summed E-state index contributed by atoms with van der Waals surface area (Å²) in [5, 5.41) is 6.97. The van der Waals surface area contributed by atoms with Gasteiger partial charge >= 0.3 is 0 Å². The minimum absolute atomic E-state index is 0.144. The molecule has 0 aliphatic rings. The van der Waals surface area contributed by atoms with Crippen molar-refractivity contribution in [3.8, 4) is 5.75 Å². The lowest BCUT2D eigenvalue weighted by atomic mass is 10.2. The Bertz CT molecular complexity index is 576. The summed E-state index contributed by atoms with van der Waals surface area (Å²) < 4.78 is 24.1. The number of likely N-dealkylation sites (N-methyl/N-ethyl adjacent to an activating group) is 1. The van der Waals surface area contributed by atoms with Crippen LogP contribution < -0.4 is 10.1 Å². The Hall–Kier alpha value is -1.47. The highest BCUT2D eigenvalue weighted by Crippen LogP contribution is 2.26. The summed E-state index contributed by atoms with van der Waals surface area (Å²) in [4.78, 5) is 4.23. The average molecular weight is 344 g/mol. The van der Waals surface area contributed by atoms with E-state index in [-0.39, 0.29) is 18.5 Å². The number of hydrogen-bond acceptors (Lipinski definition) is 5. The summed E-state index contributed by atoms with van der Waals surface area (Å²) in [6.07, 6.45) is 0.681. The van der Waals surface area contributed by atoms with Crippen molar-refractivity contribution in [1.29, 1.82) is 0 Å². The van der Waals surface area contributed by atoms with Gasteiger partial charge in [0.05, 0.1) is 4.47 Å². The van der Waals surface area contributed by atoms with Gasteiger partial charge in [0, 0.05) is 12.5 Å². The maximum Gasteiger partial charge on any atom is 0.264 e. The first kappa shape index (κ1) is 14.9. The van der Waals surface area contributed by atoms with Gasteiger partial charge in [0.15, 0.2) is 12.4 Å². The van der Waals surface area contributed by atoms with E-state index >= 15 is 0 Å². The Morgan fingerprint density at radius 3 is 3.00 bits per heavy atom. The molecule has 0 saturated heterocycles. The van der Waals surface area contributed by atoms with Gasteiger partial charge in [0.1, 0.15) is 11.6 Å². The third kappa shape index (κ3) is 4.01. The van der Waals surface area contributed by atoms with Crippen LogP contribution >= 0.6 is 15.9 Å². The van der Waals surface area contributed by atoms with Crippen molar-refractivity contribution < 1.29 is 13.7 Å². The van der Waals surface area contributed by atoms with Crippen LogP contribution in [-0.4, -0.2) is 23.2 Å². The van der Waals surface area contributed by atoms with Gasteiger partial charge in [-0.25, -0.2) is 4.39 Å². The van der Waals surface area contributed by atoms with Crippen molar-refractivity contribution in [1.82, 2.24) is 15.5 Å². The number of aromatic nitrogens is 2. The average Bonchev–Trinajstić information content (AvgIpc) is 2.85. The SMILES string of the molecule is CNC(C)Cc1noc(COc2ccc(F)cc2Br)n1. The molecule has 20 heavy (non-hydrogen) atoms. The molecule has 0 amide bonds. The van der Waals surface area contributed by atoms with Gasteiger partial charge in [-0.15, -0.1) is 0 Å². The monoisotopic (exact) mass is 343 g/mol. The van der Waals surface area contributed by atoms with Gasteiger partial charge in [-0.1, -0.05) is 5.16 Å². The van der Waals surface area contributed by atoms with Gasteiger partial charge in [-0.3, -0.25) is 0 Å². The van der Waals surface area contributed by atoms with E-state index in [1.54, 1.807) is 6.07 Å². The molecule has 2 aromatic rings. The molecule has 1 aromatic heterocycles. The van der Waals surface area contributed by atoms with Crippen LogP contribution in [0.4, 0.5) is 4.39 Å². The molecular weight excluding hydrogens is 329 g/mol. The molecule has 0 bridgehead atoms. The zero-order chi connectivity index (χ0) is 14.5. The smallest absolute Gasteiger partial charge is 0.264 e. The highest BCUT2D eigenvalue weighted by atomic mass is 79.9. The van der Waals surface area contributed by atoms with E-state index in [9.17, 15) is 4.39 Å². The van der Waals surface area contributed by atoms with E-state index in [0.717, 1.165) is 0 Å². The van der Waals surface area contributed by atoms with Crippen LogP contribution in [0.2, 0.25) is 0 Å². The van der Waals surface area contributed by atoms with E-state index < -0.39 is 0 Å². The van der Waals surface area contributed by atoms with Crippen LogP contribution in [0.25, 0.3) is 0 Å². The van der Waals surface area contributed by atoms with Crippen LogP contribution in [0.5, 0.6) is 5.75 Å². The predicted octanol–water partition coefficient (Wildman–Crippen LogP) is 2.70. The fourth-order valence-corrected chi connectivity index (χ4v) is 2.00. The Kier molecular flexibility index (Phi) is 5.08. The van der Waals surface area contributed by atoms with Crippen LogP contribution in [0, 0.1) is 5.82 Å². The summed E-state index contributed by atoms with van der Waals surface area (Å²) in [5.41, 5.74) is 0. The normalized spacial score (nSPS) is 12.4. The standard InChI is InChI=1S/C13H15BrFN3O2/c1-8(16-2)5-12-17-13(20-18-12)7-19-11-4-3-9(15)6-10(11)14/h3-4,6,8,16H,5,7H2,1-2H3. The Balaban J connectivity index is 1.94. The maximum absolute atomic E-state index is 12.9. The lowest BCUT2D eigenvalue weighted by molar-refractivity contribution is 0.241. The first-order chi connectivity index (χ1) is 9.58. The van der Waals surface area contributed by atoms with E-state index in [4.69, 9.17) is 9.26 Å². The zero-order valence-electron chi connectivity index (χ0n) is 11.2. The Morgan fingerprint density at radius 2 is 2.30 bits per heavy atom. The van der Waals surface area contributed by atoms with Gasteiger partial charge in [-0.2, -0.15) is 4.98 Å². The van der Waals surface area contributed by atoms with Gasteiger partial charge in [0.2, 0.25) is 0 Å². The van der Waals surface area contributed by atoms with Crippen LogP contribution in [-0.2, 0) is 13.0 Å². The highest BCUT2D eigenvalue weighted by molar-refractivity contribution is 9.10. The number of hydrogen-bond donors (Lipinski definition) is 1. The molecule has 1 heterocycles. The van der Waals surface area contributed by atoms with E-state index in [1.807, 2.05) is 14.0 Å². The molecule has 0 fully saturated rings. The number of nitrogens with zero attached hydrogens (tertiary/aromatic N) is 2. The van der Waals surface area contributed by atoms with Crippen LogP contribution in [0.3, 0.4) is 0 Å². The van der Waals surface area contributed by atoms with Gasteiger partial charge in [-0.05, 0) is 48.1 Å². The molecule has 0 saturated carbocycles. The highest BCUT2D eigenvalue weighted by Gasteiger charge is 2.11. The second-order valence-corrected chi connectivity index (χ2v) is 5.22. The number of ether oxygens (including phenoxy) is 1. The number of nitrogens with one attached hydrogen (secondary N) is 1. The minimum atomic E-state index is -0.328. The molecule has 0 spiro atoms. The van der Waals surface area contributed by atoms with Crippen molar-refractivity contribution in [3.63, 3.8) is 0 Å². The van der Waals surface area contributed by atoms with Gasteiger partial charge < -0.3 is 14.6 Å².